The van der Waals surface area contributed by atoms with Crippen LogP contribution in [0, 0.1) is 5.41 Å². The van der Waals surface area contributed by atoms with Gasteiger partial charge in [0.1, 0.15) is 19.7 Å². The van der Waals surface area contributed by atoms with Crippen molar-refractivity contribution in [2.75, 3.05) is 106 Å². The second-order valence-corrected chi connectivity index (χ2v) is 6.70. The highest BCUT2D eigenvalue weighted by Crippen LogP contribution is 2.18. The molecular formula is C19H37N3O9. The van der Waals surface area contributed by atoms with Gasteiger partial charge in [-0.3, -0.25) is 0 Å². The standard InChI is InChI=1S/C19H37N3O9/c1-19(15-28-6-4-23,16-29-12-9-25-5-3-21-22-20)17-30-13-10-26-7-8-27-11-14-31-18-24-2/h4H,3,5-18H2,1-2H3. The highest BCUT2D eigenvalue weighted by Gasteiger charge is 2.26. The van der Waals surface area contributed by atoms with Crippen molar-refractivity contribution < 1.29 is 42.7 Å². The van der Waals surface area contributed by atoms with Crippen molar-refractivity contribution in [2.24, 2.45) is 10.5 Å². The molecule has 0 aliphatic carbocycles. The topological polar surface area (TPSA) is 140 Å². The first-order chi connectivity index (χ1) is 15.2. The maximum Gasteiger partial charge on any atom is 0.146 e. The van der Waals surface area contributed by atoms with Gasteiger partial charge in [0, 0.05) is 24.0 Å². The molecule has 1 unspecified atom stereocenters. The fraction of sp³-hybridized carbons (Fsp3) is 0.947. The maximum atomic E-state index is 10.5. The Kier molecular flexibility index (Phi) is 22.3. The molecule has 0 saturated heterocycles. The summed E-state index contributed by atoms with van der Waals surface area (Å²) in [6.45, 7) is 7.52. The molecule has 0 aliphatic heterocycles. The fourth-order valence-electron chi connectivity index (χ4n) is 2.19. The zero-order valence-electron chi connectivity index (χ0n) is 18.7. The van der Waals surface area contributed by atoms with Crippen LogP contribution in [0.3, 0.4) is 0 Å². The number of hydrogen-bond donors (Lipinski definition) is 0. The van der Waals surface area contributed by atoms with E-state index in [0.717, 1.165) is 0 Å². The molecule has 1 atom stereocenters. The maximum absolute atomic E-state index is 10.5. The third kappa shape index (κ3) is 21.7. The van der Waals surface area contributed by atoms with Crippen LogP contribution in [0.4, 0.5) is 0 Å². The van der Waals surface area contributed by atoms with Gasteiger partial charge in [-0.1, -0.05) is 12.0 Å². The van der Waals surface area contributed by atoms with E-state index in [2.05, 4.69) is 10.0 Å². The summed E-state index contributed by atoms with van der Waals surface area (Å²) in [5, 5.41) is 3.38. The van der Waals surface area contributed by atoms with Gasteiger partial charge in [0.2, 0.25) is 0 Å². The Morgan fingerprint density at radius 1 is 0.774 bits per heavy atom. The average Bonchev–Trinajstić information content (AvgIpc) is 2.76. The lowest BCUT2D eigenvalue weighted by atomic mass is 9.94. The minimum atomic E-state index is -0.417. The first-order valence-electron chi connectivity index (χ1n) is 10.2. The van der Waals surface area contributed by atoms with Gasteiger partial charge in [0.25, 0.3) is 0 Å². The molecule has 0 aromatic carbocycles. The molecule has 12 heteroatoms. The van der Waals surface area contributed by atoms with Crippen molar-refractivity contribution >= 4 is 6.29 Å². The molecule has 12 nitrogen and oxygen atoms in total. The molecule has 31 heavy (non-hydrogen) atoms. The number of hydrogen-bond acceptors (Lipinski definition) is 10. The van der Waals surface area contributed by atoms with Gasteiger partial charge in [0.15, 0.2) is 0 Å². The molecule has 0 aromatic rings. The van der Waals surface area contributed by atoms with Gasteiger partial charge in [-0.05, 0) is 5.53 Å². The first-order valence-corrected chi connectivity index (χ1v) is 10.2. The lowest BCUT2D eigenvalue weighted by Gasteiger charge is -2.28. The number of carbonyl (C=O) groups is 1. The fourth-order valence-corrected chi connectivity index (χ4v) is 2.19. The van der Waals surface area contributed by atoms with Crippen molar-refractivity contribution in [2.45, 2.75) is 6.92 Å². The zero-order valence-corrected chi connectivity index (χ0v) is 18.7. The zero-order chi connectivity index (χ0) is 22.9. The van der Waals surface area contributed by atoms with E-state index in [0.29, 0.717) is 92.1 Å². The molecular weight excluding hydrogens is 414 g/mol. The summed E-state index contributed by atoms with van der Waals surface area (Å²) in [5.74, 6) is 0. The Morgan fingerprint density at radius 2 is 1.26 bits per heavy atom. The van der Waals surface area contributed by atoms with Crippen LogP contribution in [0.25, 0.3) is 10.4 Å². The Bertz CT molecular complexity index is 453. The summed E-state index contributed by atoms with van der Waals surface area (Å²) >= 11 is 0. The molecule has 0 N–H and O–H groups in total. The van der Waals surface area contributed by atoms with E-state index in [-0.39, 0.29) is 13.4 Å². The van der Waals surface area contributed by atoms with Crippen LogP contribution in [-0.2, 0) is 42.7 Å². The molecule has 0 amide bonds. The van der Waals surface area contributed by atoms with Gasteiger partial charge >= 0.3 is 0 Å². The molecule has 0 saturated carbocycles. The van der Waals surface area contributed by atoms with Gasteiger partial charge in [0.05, 0.1) is 79.3 Å². The monoisotopic (exact) mass is 451 g/mol. The molecule has 0 bridgehead atoms. The molecule has 0 radical (unpaired) electrons. The van der Waals surface area contributed by atoms with Gasteiger partial charge in [-0.2, -0.15) is 0 Å². The Labute approximate surface area is 184 Å². The van der Waals surface area contributed by atoms with E-state index in [1.54, 1.807) is 7.11 Å². The van der Waals surface area contributed by atoms with Crippen LogP contribution < -0.4 is 0 Å². The molecule has 0 heterocycles. The van der Waals surface area contributed by atoms with Crippen molar-refractivity contribution in [1.29, 1.82) is 0 Å². The smallest absolute Gasteiger partial charge is 0.146 e. The predicted octanol–water partition coefficient (Wildman–Crippen LogP) is 1.22. The van der Waals surface area contributed by atoms with Crippen molar-refractivity contribution in [1.82, 2.24) is 0 Å². The largest absolute Gasteiger partial charge is 0.379 e. The summed E-state index contributed by atoms with van der Waals surface area (Å²) < 4.78 is 42.7. The van der Waals surface area contributed by atoms with Crippen LogP contribution >= 0.6 is 0 Å². The van der Waals surface area contributed by atoms with Crippen LogP contribution in [0.5, 0.6) is 0 Å². The third-order valence-electron chi connectivity index (χ3n) is 3.63. The number of nitrogens with zero attached hydrogens (tertiary/aromatic N) is 3. The molecule has 0 fully saturated rings. The summed E-state index contributed by atoms with van der Waals surface area (Å²) in [7, 11) is 1.57. The minimum Gasteiger partial charge on any atom is -0.379 e. The van der Waals surface area contributed by atoms with E-state index in [4.69, 9.17) is 43.4 Å². The Morgan fingerprint density at radius 3 is 1.77 bits per heavy atom. The molecule has 0 spiro atoms. The summed E-state index contributed by atoms with van der Waals surface area (Å²) in [6, 6.07) is 0. The van der Waals surface area contributed by atoms with Crippen molar-refractivity contribution in [3.63, 3.8) is 0 Å². The summed E-state index contributed by atoms with van der Waals surface area (Å²) in [6.07, 6.45) is 0.708. The number of aldehydes is 1. The quantitative estimate of drug-likeness (QED) is 0.0500. The van der Waals surface area contributed by atoms with E-state index in [9.17, 15) is 4.79 Å². The van der Waals surface area contributed by atoms with Crippen LogP contribution in [0.2, 0.25) is 0 Å². The number of methoxy groups -OCH3 is 1. The van der Waals surface area contributed by atoms with Gasteiger partial charge < -0.3 is 42.7 Å². The molecule has 182 valence electrons. The molecule has 0 rings (SSSR count). The van der Waals surface area contributed by atoms with Crippen LogP contribution in [0.1, 0.15) is 6.92 Å². The van der Waals surface area contributed by atoms with E-state index < -0.39 is 5.41 Å². The molecule has 0 aliphatic rings. The highest BCUT2D eigenvalue weighted by atomic mass is 16.7. The van der Waals surface area contributed by atoms with Gasteiger partial charge in [-0.15, -0.1) is 0 Å². The van der Waals surface area contributed by atoms with Crippen molar-refractivity contribution in [3.05, 3.63) is 10.4 Å². The van der Waals surface area contributed by atoms with E-state index >= 15 is 0 Å². The predicted molar refractivity (Wildman–Crippen MR) is 111 cm³/mol. The lowest BCUT2D eigenvalue weighted by Crippen LogP contribution is -2.35. The van der Waals surface area contributed by atoms with E-state index in [1.807, 2.05) is 6.92 Å². The average molecular weight is 452 g/mol. The summed E-state index contributed by atoms with van der Waals surface area (Å²) in [5.41, 5.74) is 7.77. The van der Waals surface area contributed by atoms with Crippen LogP contribution in [0.15, 0.2) is 5.11 Å². The van der Waals surface area contributed by atoms with Crippen LogP contribution in [-0.4, -0.2) is 113 Å². The van der Waals surface area contributed by atoms with E-state index in [1.165, 1.54) is 0 Å². The number of carbonyl (C=O) groups excluding carboxylic acids is 1. The van der Waals surface area contributed by atoms with Gasteiger partial charge in [-0.25, -0.2) is 0 Å². The SMILES string of the molecule is COCOCCOCCOCCOCC(C)(COCC=O)COCCOCCN=[N+]=[N-]. The lowest BCUT2D eigenvalue weighted by molar-refractivity contribution is -0.116. The third-order valence-corrected chi connectivity index (χ3v) is 3.63. The normalized spacial score (nSPS) is 13.0. The number of ether oxygens (including phenoxy) is 8. The second-order valence-electron chi connectivity index (χ2n) is 6.70. The minimum absolute atomic E-state index is 0.0255. The Hall–Kier alpha value is -1.34. The number of rotatable bonds is 25. The molecule has 0 aromatic heterocycles. The first kappa shape index (κ1) is 29.7. The van der Waals surface area contributed by atoms with Crippen molar-refractivity contribution in [3.8, 4) is 0 Å². The second kappa shape index (κ2) is 23.3. The highest BCUT2D eigenvalue weighted by molar-refractivity contribution is 5.50. The number of azide groups is 1. The Balaban J connectivity index is 3.82. The summed E-state index contributed by atoms with van der Waals surface area (Å²) in [4.78, 5) is 13.1.